The highest BCUT2D eigenvalue weighted by Crippen LogP contribution is 2.24. The zero-order chi connectivity index (χ0) is 11.4. The molecular weight excluding hydrogens is 220 g/mol. The van der Waals surface area contributed by atoms with Crippen molar-refractivity contribution in [2.75, 3.05) is 12.3 Å². The monoisotopic (exact) mass is 240 g/mol. The van der Waals surface area contributed by atoms with E-state index in [0.717, 1.165) is 17.6 Å². The maximum Gasteiger partial charge on any atom is 0.203 e. The van der Waals surface area contributed by atoms with E-state index in [2.05, 4.69) is 22.0 Å². The summed E-state index contributed by atoms with van der Waals surface area (Å²) in [5, 5.41) is 9.62. The van der Waals surface area contributed by atoms with E-state index >= 15 is 0 Å². The van der Waals surface area contributed by atoms with Crippen LogP contribution in [0.1, 0.15) is 44.0 Å². The minimum absolute atomic E-state index is 0.582. The molecule has 5 heteroatoms. The van der Waals surface area contributed by atoms with E-state index in [1.165, 1.54) is 50.0 Å². The van der Waals surface area contributed by atoms with E-state index in [1.54, 1.807) is 0 Å². The molecule has 0 bridgehead atoms. The molecule has 2 N–H and O–H groups in total. The summed E-state index contributed by atoms with van der Waals surface area (Å²) in [5.74, 6) is 0. The van der Waals surface area contributed by atoms with Crippen molar-refractivity contribution >= 4 is 16.5 Å². The van der Waals surface area contributed by atoms with Crippen LogP contribution in [0.2, 0.25) is 0 Å². The highest BCUT2D eigenvalue weighted by molar-refractivity contribution is 7.15. The summed E-state index contributed by atoms with van der Waals surface area (Å²) >= 11 is 1.52. The summed E-state index contributed by atoms with van der Waals surface area (Å²) < 4.78 is 0. The molecule has 0 aliphatic carbocycles. The van der Waals surface area contributed by atoms with Crippen LogP contribution < -0.4 is 5.73 Å². The van der Waals surface area contributed by atoms with Crippen molar-refractivity contribution in [3.8, 4) is 0 Å². The Balaban J connectivity index is 1.95. The Morgan fingerprint density at radius 1 is 1.44 bits per heavy atom. The van der Waals surface area contributed by atoms with Gasteiger partial charge in [-0.1, -0.05) is 31.1 Å². The van der Waals surface area contributed by atoms with Gasteiger partial charge in [0.05, 0.1) is 6.54 Å². The van der Waals surface area contributed by atoms with Gasteiger partial charge in [0.15, 0.2) is 0 Å². The van der Waals surface area contributed by atoms with Gasteiger partial charge in [-0.3, -0.25) is 4.90 Å². The Hall–Kier alpha value is -0.680. The molecule has 2 heterocycles. The Labute approximate surface area is 101 Å². The molecule has 0 amide bonds. The molecule has 1 aliphatic rings. The third-order valence-electron chi connectivity index (χ3n) is 3.19. The van der Waals surface area contributed by atoms with Crippen molar-refractivity contribution in [2.24, 2.45) is 0 Å². The normalized spacial score (nSPS) is 22.4. The third kappa shape index (κ3) is 2.92. The van der Waals surface area contributed by atoms with Gasteiger partial charge in [-0.15, -0.1) is 10.2 Å². The number of hydrogen-bond donors (Lipinski definition) is 1. The van der Waals surface area contributed by atoms with Gasteiger partial charge in [-0.25, -0.2) is 0 Å². The zero-order valence-electron chi connectivity index (χ0n) is 9.85. The number of rotatable bonds is 4. The van der Waals surface area contributed by atoms with Gasteiger partial charge in [0, 0.05) is 6.04 Å². The topological polar surface area (TPSA) is 55.0 Å². The SMILES string of the molecule is CCCC1CCCCN1Cc1nnc(N)s1. The van der Waals surface area contributed by atoms with E-state index in [4.69, 9.17) is 5.73 Å². The number of likely N-dealkylation sites (tertiary alicyclic amines) is 1. The lowest BCUT2D eigenvalue weighted by Gasteiger charge is -2.34. The van der Waals surface area contributed by atoms with Crippen LogP contribution in [0, 0.1) is 0 Å². The molecule has 1 unspecified atom stereocenters. The highest BCUT2D eigenvalue weighted by atomic mass is 32.1. The summed E-state index contributed by atoms with van der Waals surface area (Å²) in [6, 6.07) is 0.740. The van der Waals surface area contributed by atoms with E-state index in [0.29, 0.717) is 5.13 Å². The Bertz CT molecular complexity index is 324. The molecule has 0 radical (unpaired) electrons. The first kappa shape index (κ1) is 11.8. The molecule has 1 aromatic rings. The summed E-state index contributed by atoms with van der Waals surface area (Å²) in [6.07, 6.45) is 6.59. The quantitative estimate of drug-likeness (QED) is 0.877. The number of anilines is 1. The molecular formula is C11H20N4S. The molecule has 4 nitrogen and oxygen atoms in total. The summed E-state index contributed by atoms with van der Waals surface area (Å²) in [5.41, 5.74) is 5.60. The number of piperidine rings is 1. The van der Waals surface area contributed by atoms with E-state index in [1.807, 2.05) is 0 Å². The van der Waals surface area contributed by atoms with E-state index in [9.17, 15) is 0 Å². The van der Waals surface area contributed by atoms with Crippen LogP contribution in [0.4, 0.5) is 5.13 Å². The van der Waals surface area contributed by atoms with Gasteiger partial charge in [0.2, 0.25) is 5.13 Å². The molecule has 0 saturated carbocycles. The molecule has 16 heavy (non-hydrogen) atoms. The summed E-state index contributed by atoms with van der Waals surface area (Å²) in [7, 11) is 0. The standard InChI is InChI=1S/C11H20N4S/c1-2-5-9-6-3-4-7-15(9)8-10-13-14-11(12)16-10/h9H,2-8H2,1H3,(H2,12,14). The van der Waals surface area contributed by atoms with Crippen molar-refractivity contribution in [3.63, 3.8) is 0 Å². The molecule has 1 aliphatic heterocycles. The molecule has 1 saturated heterocycles. The predicted octanol–water partition coefficient (Wildman–Crippen LogP) is 2.27. The first-order valence-corrected chi connectivity index (χ1v) is 6.93. The number of hydrogen-bond acceptors (Lipinski definition) is 5. The smallest absolute Gasteiger partial charge is 0.203 e. The third-order valence-corrected chi connectivity index (χ3v) is 3.93. The first-order valence-electron chi connectivity index (χ1n) is 6.11. The van der Waals surface area contributed by atoms with Crippen LogP contribution in [0.15, 0.2) is 0 Å². The fourth-order valence-electron chi connectivity index (χ4n) is 2.43. The van der Waals surface area contributed by atoms with Crippen LogP contribution in [-0.2, 0) is 6.54 Å². The van der Waals surface area contributed by atoms with E-state index < -0.39 is 0 Å². The lowest BCUT2D eigenvalue weighted by molar-refractivity contribution is 0.131. The molecule has 1 fully saturated rings. The van der Waals surface area contributed by atoms with Crippen molar-refractivity contribution in [2.45, 2.75) is 51.6 Å². The number of nitrogen functional groups attached to an aromatic ring is 1. The molecule has 1 aromatic heterocycles. The molecule has 2 rings (SSSR count). The minimum Gasteiger partial charge on any atom is -0.374 e. The zero-order valence-corrected chi connectivity index (χ0v) is 10.7. The van der Waals surface area contributed by atoms with Gasteiger partial charge in [0.25, 0.3) is 0 Å². The van der Waals surface area contributed by atoms with Gasteiger partial charge in [-0.05, 0) is 25.8 Å². The van der Waals surface area contributed by atoms with Crippen molar-refractivity contribution in [1.29, 1.82) is 0 Å². The van der Waals surface area contributed by atoms with Crippen molar-refractivity contribution < 1.29 is 0 Å². The molecule has 0 spiro atoms. The van der Waals surface area contributed by atoms with Crippen molar-refractivity contribution in [3.05, 3.63) is 5.01 Å². The van der Waals surface area contributed by atoms with Crippen LogP contribution in [-0.4, -0.2) is 27.7 Å². The second-order valence-electron chi connectivity index (χ2n) is 4.44. The minimum atomic E-state index is 0.582. The van der Waals surface area contributed by atoms with Crippen LogP contribution in [0.25, 0.3) is 0 Å². The van der Waals surface area contributed by atoms with Crippen molar-refractivity contribution in [1.82, 2.24) is 15.1 Å². The Morgan fingerprint density at radius 3 is 3.00 bits per heavy atom. The fraction of sp³-hybridized carbons (Fsp3) is 0.818. The molecule has 0 aromatic carbocycles. The van der Waals surface area contributed by atoms with Crippen LogP contribution in [0.3, 0.4) is 0 Å². The Kier molecular flexibility index (Phi) is 4.12. The average Bonchev–Trinajstić information content (AvgIpc) is 2.67. The fourth-order valence-corrected chi connectivity index (χ4v) is 3.07. The summed E-state index contributed by atoms with van der Waals surface area (Å²) in [4.78, 5) is 2.55. The van der Waals surface area contributed by atoms with Gasteiger partial charge < -0.3 is 5.73 Å². The molecule has 90 valence electrons. The largest absolute Gasteiger partial charge is 0.374 e. The first-order chi connectivity index (χ1) is 7.79. The second-order valence-corrected chi connectivity index (χ2v) is 5.54. The lowest BCUT2D eigenvalue weighted by atomic mass is 9.98. The number of aromatic nitrogens is 2. The Morgan fingerprint density at radius 2 is 2.31 bits per heavy atom. The summed E-state index contributed by atoms with van der Waals surface area (Å²) in [6.45, 7) is 4.39. The molecule has 1 atom stereocenters. The lowest BCUT2D eigenvalue weighted by Crippen LogP contribution is -2.38. The maximum atomic E-state index is 5.60. The second kappa shape index (κ2) is 5.59. The van der Waals surface area contributed by atoms with Gasteiger partial charge >= 0.3 is 0 Å². The highest BCUT2D eigenvalue weighted by Gasteiger charge is 2.22. The van der Waals surface area contributed by atoms with E-state index in [-0.39, 0.29) is 0 Å². The number of nitrogens with two attached hydrogens (primary N) is 1. The maximum absolute atomic E-state index is 5.60. The number of nitrogens with zero attached hydrogens (tertiary/aromatic N) is 3. The van der Waals surface area contributed by atoms with Crippen LogP contribution >= 0.6 is 11.3 Å². The predicted molar refractivity (Wildman–Crippen MR) is 67.3 cm³/mol. The van der Waals surface area contributed by atoms with Gasteiger partial charge in [0.1, 0.15) is 5.01 Å². The van der Waals surface area contributed by atoms with Gasteiger partial charge in [-0.2, -0.15) is 0 Å². The van der Waals surface area contributed by atoms with Crippen LogP contribution in [0.5, 0.6) is 0 Å². The average molecular weight is 240 g/mol.